The van der Waals surface area contributed by atoms with Gasteiger partial charge in [-0.05, 0) is 39.3 Å². The summed E-state index contributed by atoms with van der Waals surface area (Å²) in [5.41, 5.74) is 7.38. The molecule has 1 aromatic rings. The van der Waals surface area contributed by atoms with Crippen LogP contribution in [0.4, 0.5) is 5.69 Å². The summed E-state index contributed by atoms with van der Waals surface area (Å²) in [6, 6.07) is 5.66. The van der Waals surface area contributed by atoms with Gasteiger partial charge in [0.25, 0.3) is 0 Å². The first-order valence-electron chi connectivity index (χ1n) is 5.51. The summed E-state index contributed by atoms with van der Waals surface area (Å²) < 4.78 is 11.2. The van der Waals surface area contributed by atoms with Gasteiger partial charge in [-0.2, -0.15) is 0 Å². The van der Waals surface area contributed by atoms with E-state index in [0.29, 0.717) is 13.2 Å². The summed E-state index contributed by atoms with van der Waals surface area (Å²) in [5.74, 6) is 0.831. The maximum Gasteiger partial charge on any atom is 0.124 e. The van der Waals surface area contributed by atoms with Crippen molar-refractivity contribution in [1.29, 1.82) is 0 Å². The van der Waals surface area contributed by atoms with E-state index in [-0.39, 0.29) is 5.60 Å². The summed E-state index contributed by atoms with van der Waals surface area (Å²) in [6.07, 6.45) is 0. The Bertz CT molecular complexity index is 342. The van der Waals surface area contributed by atoms with Crippen LogP contribution in [0.5, 0.6) is 5.75 Å². The summed E-state index contributed by atoms with van der Waals surface area (Å²) in [7, 11) is 0. The van der Waals surface area contributed by atoms with Crippen molar-refractivity contribution in [2.24, 2.45) is 0 Å². The lowest BCUT2D eigenvalue weighted by molar-refractivity contribution is -0.0163. The first-order valence-corrected chi connectivity index (χ1v) is 5.51. The van der Waals surface area contributed by atoms with Gasteiger partial charge < -0.3 is 15.2 Å². The fourth-order valence-corrected chi connectivity index (χ4v) is 1.27. The highest BCUT2D eigenvalue weighted by Crippen LogP contribution is 2.20. The maximum absolute atomic E-state index is 5.69. The highest BCUT2D eigenvalue weighted by molar-refractivity contribution is 5.47. The van der Waals surface area contributed by atoms with Crippen molar-refractivity contribution in [1.82, 2.24) is 0 Å². The fourth-order valence-electron chi connectivity index (χ4n) is 1.27. The predicted molar refractivity (Wildman–Crippen MR) is 66.8 cm³/mol. The molecule has 2 N–H and O–H groups in total. The Balaban J connectivity index is 2.40. The van der Waals surface area contributed by atoms with Crippen LogP contribution in [0.15, 0.2) is 18.2 Å². The molecule has 0 unspecified atom stereocenters. The molecule has 90 valence electrons. The molecule has 1 rings (SSSR count). The number of anilines is 1. The van der Waals surface area contributed by atoms with Gasteiger partial charge in [-0.1, -0.05) is 6.07 Å². The Morgan fingerprint density at radius 1 is 1.19 bits per heavy atom. The number of nitrogen functional groups attached to an aromatic ring is 1. The van der Waals surface area contributed by atoms with E-state index in [2.05, 4.69) is 0 Å². The van der Waals surface area contributed by atoms with Crippen molar-refractivity contribution in [3.63, 3.8) is 0 Å². The lowest BCUT2D eigenvalue weighted by atomic mass is 10.2. The Hall–Kier alpha value is -1.22. The summed E-state index contributed by atoms with van der Waals surface area (Å²) in [5, 5.41) is 0. The second kappa shape index (κ2) is 5.21. The largest absolute Gasteiger partial charge is 0.491 e. The van der Waals surface area contributed by atoms with Gasteiger partial charge in [0, 0.05) is 11.8 Å². The molecule has 0 radical (unpaired) electrons. The maximum atomic E-state index is 5.69. The van der Waals surface area contributed by atoms with Gasteiger partial charge in [-0.3, -0.25) is 0 Å². The molecule has 0 saturated heterocycles. The van der Waals surface area contributed by atoms with Crippen molar-refractivity contribution in [3.05, 3.63) is 23.8 Å². The van der Waals surface area contributed by atoms with E-state index < -0.39 is 0 Å². The van der Waals surface area contributed by atoms with Crippen LogP contribution in [-0.2, 0) is 4.74 Å². The normalized spacial score (nSPS) is 11.5. The van der Waals surface area contributed by atoms with E-state index >= 15 is 0 Å². The molecular formula is C13H21NO2. The molecule has 16 heavy (non-hydrogen) atoms. The van der Waals surface area contributed by atoms with E-state index in [1.165, 1.54) is 0 Å². The van der Waals surface area contributed by atoms with Crippen LogP contribution in [0.1, 0.15) is 26.3 Å². The molecule has 0 saturated carbocycles. The third-order valence-electron chi connectivity index (χ3n) is 2.09. The quantitative estimate of drug-likeness (QED) is 0.630. The summed E-state index contributed by atoms with van der Waals surface area (Å²) >= 11 is 0. The molecule has 3 heteroatoms. The van der Waals surface area contributed by atoms with Gasteiger partial charge in [0.2, 0.25) is 0 Å². The molecule has 0 fully saturated rings. The van der Waals surface area contributed by atoms with Gasteiger partial charge >= 0.3 is 0 Å². The van der Waals surface area contributed by atoms with Crippen LogP contribution in [0.25, 0.3) is 0 Å². The zero-order valence-electron chi connectivity index (χ0n) is 10.5. The molecule has 0 aromatic heterocycles. The van der Waals surface area contributed by atoms with Gasteiger partial charge in [0.15, 0.2) is 0 Å². The molecule has 3 nitrogen and oxygen atoms in total. The topological polar surface area (TPSA) is 44.5 Å². The highest BCUT2D eigenvalue weighted by Gasteiger charge is 2.09. The fraction of sp³-hybridized carbons (Fsp3) is 0.538. The van der Waals surface area contributed by atoms with Gasteiger partial charge in [-0.15, -0.1) is 0 Å². The monoisotopic (exact) mass is 223 g/mol. The SMILES string of the molecule is Cc1ccc(N)cc1OCCOC(C)(C)C. The Morgan fingerprint density at radius 3 is 2.50 bits per heavy atom. The Labute approximate surface area is 97.6 Å². The van der Waals surface area contributed by atoms with Crippen molar-refractivity contribution >= 4 is 5.69 Å². The molecule has 0 heterocycles. The third kappa shape index (κ3) is 4.53. The highest BCUT2D eigenvalue weighted by atomic mass is 16.5. The summed E-state index contributed by atoms with van der Waals surface area (Å²) in [4.78, 5) is 0. The number of nitrogens with two attached hydrogens (primary N) is 1. The van der Waals surface area contributed by atoms with Crippen molar-refractivity contribution in [2.45, 2.75) is 33.3 Å². The smallest absolute Gasteiger partial charge is 0.124 e. The van der Waals surface area contributed by atoms with Gasteiger partial charge in [0.1, 0.15) is 12.4 Å². The van der Waals surface area contributed by atoms with E-state index in [0.717, 1.165) is 17.0 Å². The minimum Gasteiger partial charge on any atom is -0.491 e. The molecule has 0 aliphatic heterocycles. The van der Waals surface area contributed by atoms with Crippen LogP contribution in [0.3, 0.4) is 0 Å². The Kier molecular flexibility index (Phi) is 4.19. The minimum atomic E-state index is -0.117. The van der Waals surface area contributed by atoms with E-state index in [1.807, 2.05) is 45.9 Å². The first-order chi connectivity index (χ1) is 7.38. The van der Waals surface area contributed by atoms with Crippen molar-refractivity contribution in [3.8, 4) is 5.75 Å². The number of benzene rings is 1. The number of hydrogen-bond acceptors (Lipinski definition) is 3. The molecule has 0 spiro atoms. The lowest BCUT2D eigenvalue weighted by Gasteiger charge is -2.19. The average molecular weight is 223 g/mol. The van der Waals surface area contributed by atoms with Crippen LogP contribution >= 0.6 is 0 Å². The molecule has 0 bridgehead atoms. The molecular weight excluding hydrogens is 202 g/mol. The van der Waals surface area contributed by atoms with Crippen molar-refractivity contribution < 1.29 is 9.47 Å². The number of hydrogen-bond donors (Lipinski definition) is 1. The predicted octanol–water partition coefficient (Wildman–Crippen LogP) is 2.77. The lowest BCUT2D eigenvalue weighted by Crippen LogP contribution is -2.22. The molecule has 0 aliphatic rings. The number of aryl methyl sites for hydroxylation is 1. The molecule has 0 aliphatic carbocycles. The standard InChI is InChI=1S/C13H21NO2/c1-10-5-6-11(14)9-12(10)15-7-8-16-13(2,3)4/h5-6,9H,7-8,14H2,1-4H3. The number of rotatable bonds is 4. The van der Waals surface area contributed by atoms with Crippen LogP contribution < -0.4 is 10.5 Å². The summed E-state index contributed by atoms with van der Waals surface area (Å²) in [6.45, 7) is 9.20. The zero-order chi connectivity index (χ0) is 12.2. The zero-order valence-corrected chi connectivity index (χ0v) is 10.5. The first kappa shape index (κ1) is 12.8. The third-order valence-corrected chi connectivity index (χ3v) is 2.09. The van der Waals surface area contributed by atoms with E-state index in [4.69, 9.17) is 15.2 Å². The van der Waals surface area contributed by atoms with Crippen LogP contribution in [0, 0.1) is 6.92 Å². The van der Waals surface area contributed by atoms with E-state index in [1.54, 1.807) is 0 Å². The molecule has 1 aromatic carbocycles. The van der Waals surface area contributed by atoms with Crippen LogP contribution in [0.2, 0.25) is 0 Å². The number of ether oxygens (including phenoxy) is 2. The minimum absolute atomic E-state index is 0.117. The second-order valence-electron chi connectivity index (χ2n) is 4.83. The Morgan fingerprint density at radius 2 is 1.88 bits per heavy atom. The average Bonchev–Trinajstić information content (AvgIpc) is 2.16. The van der Waals surface area contributed by atoms with Crippen molar-refractivity contribution in [2.75, 3.05) is 18.9 Å². The van der Waals surface area contributed by atoms with Gasteiger partial charge in [0.05, 0.1) is 12.2 Å². The molecule has 0 amide bonds. The molecule has 0 atom stereocenters. The second-order valence-corrected chi connectivity index (χ2v) is 4.83. The van der Waals surface area contributed by atoms with E-state index in [9.17, 15) is 0 Å². The van der Waals surface area contributed by atoms with Crippen LogP contribution in [-0.4, -0.2) is 18.8 Å². The van der Waals surface area contributed by atoms with Gasteiger partial charge in [-0.25, -0.2) is 0 Å².